The van der Waals surface area contributed by atoms with E-state index in [0.29, 0.717) is 10.0 Å². The summed E-state index contributed by atoms with van der Waals surface area (Å²) < 4.78 is 0. The van der Waals surface area contributed by atoms with E-state index in [1.54, 1.807) is 24.3 Å². The van der Waals surface area contributed by atoms with Crippen molar-refractivity contribution in [3.05, 3.63) is 70.8 Å². The Hall–Kier alpha value is -3.94. The summed E-state index contributed by atoms with van der Waals surface area (Å²) in [6.45, 7) is 0. The highest BCUT2D eigenvalue weighted by molar-refractivity contribution is 6.24. The van der Waals surface area contributed by atoms with Crippen molar-refractivity contribution in [3.63, 3.8) is 0 Å². The highest BCUT2D eigenvalue weighted by Gasteiger charge is 2.36. The highest BCUT2D eigenvalue weighted by Crippen LogP contribution is 2.23. The Kier molecular flexibility index (Phi) is 3.51. The first-order valence-electron chi connectivity index (χ1n) is 7.62. The maximum absolute atomic E-state index is 12.1. The second-order valence-corrected chi connectivity index (χ2v) is 5.46. The van der Waals surface area contributed by atoms with Gasteiger partial charge >= 0.3 is 0 Å². The highest BCUT2D eigenvalue weighted by atomic mass is 16.2. The van der Waals surface area contributed by atoms with Gasteiger partial charge < -0.3 is 0 Å². The minimum absolute atomic E-state index is 0.270. The van der Waals surface area contributed by atoms with Gasteiger partial charge in [-0.05, 0) is 24.3 Å². The zero-order chi connectivity index (χ0) is 18.3. The standard InChI is InChI=1S/C18H10N4O4/c23-15-11-5-1-2-6-12(11)16(24)21(15)19-9-10-20-22-17(25)13-7-3-4-8-14(13)18(22)26/h1-10H/b19-9+,20-10+. The van der Waals surface area contributed by atoms with Crippen LogP contribution in [0.25, 0.3) is 0 Å². The van der Waals surface area contributed by atoms with Gasteiger partial charge in [0, 0.05) is 0 Å². The van der Waals surface area contributed by atoms with Crippen LogP contribution in [-0.2, 0) is 0 Å². The number of fused-ring (bicyclic) bond motifs is 2. The quantitative estimate of drug-likeness (QED) is 0.622. The van der Waals surface area contributed by atoms with Crippen LogP contribution in [-0.4, -0.2) is 46.1 Å². The Morgan fingerprint density at radius 1 is 0.538 bits per heavy atom. The summed E-state index contributed by atoms with van der Waals surface area (Å²) in [7, 11) is 0. The van der Waals surface area contributed by atoms with E-state index in [2.05, 4.69) is 10.2 Å². The predicted molar refractivity (Wildman–Crippen MR) is 90.9 cm³/mol. The van der Waals surface area contributed by atoms with Crippen LogP contribution in [0.3, 0.4) is 0 Å². The summed E-state index contributed by atoms with van der Waals surface area (Å²) in [5, 5.41) is 8.96. The molecule has 0 fully saturated rings. The lowest BCUT2D eigenvalue weighted by atomic mass is 10.1. The van der Waals surface area contributed by atoms with E-state index >= 15 is 0 Å². The monoisotopic (exact) mass is 346 g/mol. The van der Waals surface area contributed by atoms with Crippen molar-refractivity contribution in [1.29, 1.82) is 0 Å². The van der Waals surface area contributed by atoms with E-state index in [1.165, 1.54) is 24.3 Å². The number of hydrogen-bond acceptors (Lipinski definition) is 6. The van der Waals surface area contributed by atoms with Gasteiger partial charge in [-0.3, -0.25) is 19.2 Å². The number of hydrazone groups is 2. The third-order valence-electron chi connectivity index (χ3n) is 3.98. The van der Waals surface area contributed by atoms with E-state index < -0.39 is 23.6 Å². The summed E-state index contributed by atoms with van der Waals surface area (Å²) in [6, 6.07) is 12.8. The van der Waals surface area contributed by atoms with Gasteiger partial charge in [0.15, 0.2) is 0 Å². The van der Waals surface area contributed by atoms with Crippen LogP contribution >= 0.6 is 0 Å². The molecule has 0 spiro atoms. The van der Waals surface area contributed by atoms with Crippen molar-refractivity contribution in [2.75, 3.05) is 0 Å². The Morgan fingerprint density at radius 3 is 1.08 bits per heavy atom. The molecule has 8 heteroatoms. The van der Waals surface area contributed by atoms with Crippen LogP contribution in [0.1, 0.15) is 41.4 Å². The van der Waals surface area contributed by atoms with E-state index in [0.717, 1.165) is 12.4 Å². The third-order valence-corrected chi connectivity index (χ3v) is 3.98. The average Bonchev–Trinajstić information content (AvgIpc) is 3.06. The maximum Gasteiger partial charge on any atom is 0.282 e. The molecule has 2 heterocycles. The van der Waals surface area contributed by atoms with Gasteiger partial charge in [-0.1, -0.05) is 24.3 Å². The molecule has 8 nitrogen and oxygen atoms in total. The fourth-order valence-corrected chi connectivity index (χ4v) is 2.76. The molecule has 0 bridgehead atoms. The number of carbonyl (C=O) groups is 4. The largest absolute Gasteiger partial charge is 0.282 e. The fraction of sp³-hybridized carbons (Fsp3) is 0. The second-order valence-electron chi connectivity index (χ2n) is 5.46. The number of nitrogens with zero attached hydrogens (tertiary/aromatic N) is 4. The van der Waals surface area contributed by atoms with E-state index in [-0.39, 0.29) is 22.3 Å². The van der Waals surface area contributed by atoms with Crippen molar-refractivity contribution in [3.8, 4) is 0 Å². The second kappa shape index (κ2) is 5.85. The van der Waals surface area contributed by atoms with E-state index in [9.17, 15) is 19.2 Å². The van der Waals surface area contributed by atoms with Gasteiger partial charge in [0.25, 0.3) is 23.6 Å². The SMILES string of the molecule is O=C1c2ccccc2C(=O)N1/N=C/C=N/N1C(=O)c2ccccc2C1=O. The first-order valence-corrected chi connectivity index (χ1v) is 7.62. The number of imide groups is 2. The van der Waals surface area contributed by atoms with Gasteiger partial charge in [-0.25, -0.2) is 0 Å². The summed E-state index contributed by atoms with van der Waals surface area (Å²) >= 11 is 0. The molecular formula is C18H10N4O4. The smallest absolute Gasteiger partial charge is 0.267 e. The summed E-state index contributed by atoms with van der Waals surface area (Å²) in [6.07, 6.45) is 2.15. The number of rotatable bonds is 3. The lowest BCUT2D eigenvalue weighted by Crippen LogP contribution is -2.25. The molecule has 26 heavy (non-hydrogen) atoms. The molecule has 0 saturated heterocycles. The number of carbonyl (C=O) groups excluding carboxylic acids is 4. The normalized spacial score (nSPS) is 16.3. The lowest BCUT2D eigenvalue weighted by Gasteiger charge is -2.05. The molecule has 0 N–H and O–H groups in total. The Balaban J connectivity index is 1.50. The minimum Gasteiger partial charge on any atom is -0.267 e. The fourth-order valence-electron chi connectivity index (χ4n) is 2.76. The molecule has 0 aromatic heterocycles. The minimum atomic E-state index is -0.545. The molecular weight excluding hydrogens is 336 g/mol. The van der Waals surface area contributed by atoms with E-state index in [4.69, 9.17) is 0 Å². The summed E-state index contributed by atoms with van der Waals surface area (Å²) in [4.78, 5) is 48.6. The van der Waals surface area contributed by atoms with Crippen LogP contribution < -0.4 is 0 Å². The van der Waals surface area contributed by atoms with Gasteiger partial charge in [0.1, 0.15) is 0 Å². The molecule has 0 unspecified atom stereocenters. The molecule has 0 radical (unpaired) electrons. The summed E-state index contributed by atoms with van der Waals surface area (Å²) in [5.74, 6) is -2.18. The third kappa shape index (κ3) is 2.24. The van der Waals surface area contributed by atoms with Gasteiger partial charge in [-0.15, -0.1) is 0 Å². The topological polar surface area (TPSA) is 99.5 Å². The predicted octanol–water partition coefficient (Wildman–Crippen LogP) is 1.55. The Morgan fingerprint density at radius 2 is 0.808 bits per heavy atom. The Labute approximate surface area is 147 Å². The van der Waals surface area contributed by atoms with Crippen LogP contribution in [0.2, 0.25) is 0 Å². The molecule has 4 amide bonds. The molecule has 0 saturated carbocycles. The molecule has 0 atom stereocenters. The molecule has 2 aromatic carbocycles. The van der Waals surface area contributed by atoms with Crippen LogP contribution in [0.4, 0.5) is 0 Å². The molecule has 2 aliphatic heterocycles. The van der Waals surface area contributed by atoms with Crippen LogP contribution in [0, 0.1) is 0 Å². The molecule has 4 rings (SSSR count). The van der Waals surface area contributed by atoms with Gasteiger partial charge in [-0.2, -0.15) is 20.2 Å². The van der Waals surface area contributed by atoms with Gasteiger partial charge in [0.2, 0.25) is 0 Å². The first kappa shape index (κ1) is 15.6. The summed E-state index contributed by atoms with van der Waals surface area (Å²) in [5.41, 5.74) is 1.08. The average molecular weight is 346 g/mol. The van der Waals surface area contributed by atoms with Crippen molar-refractivity contribution in [2.24, 2.45) is 10.2 Å². The van der Waals surface area contributed by atoms with Crippen molar-refractivity contribution >= 4 is 36.1 Å². The van der Waals surface area contributed by atoms with E-state index in [1.807, 2.05) is 0 Å². The van der Waals surface area contributed by atoms with Crippen molar-refractivity contribution in [2.45, 2.75) is 0 Å². The first-order chi connectivity index (χ1) is 12.6. The van der Waals surface area contributed by atoms with Gasteiger partial charge in [0.05, 0.1) is 34.7 Å². The maximum atomic E-state index is 12.1. The number of benzene rings is 2. The number of amides is 4. The van der Waals surface area contributed by atoms with Crippen LogP contribution in [0.5, 0.6) is 0 Å². The zero-order valence-electron chi connectivity index (χ0n) is 13.2. The van der Waals surface area contributed by atoms with Crippen molar-refractivity contribution < 1.29 is 19.2 Å². The molecule has 2 aromatic rings. The molecule has 126 valence electrons. The van der Waals surface area contributed by atoms with Crippen LogP contribution in [0.15, 0.2) is 58.7 Å². The molecule has 0 aliphatic carbocycles. The Bertz CT molecular complexity index is 887. The van der Waals surface area contributed by atoms with Crippen molar-refractivity contribution in [1.82, 2.24) is 10.0 Å². The molecule has 2 aliphatic rings. The number of hydrogen-bond donors (Lipinski definition) is 0. The zero-order valence-corrected chi connectivity index (χ0v) is 13.2. The lowest BCUT2D eigenvalue weighted by molar-refractivity contribution is 0.0643.